The van der Waals surface area contributed by atoms with E-state index in [1.165, 1.54) is 22.8 Å². The van der Waals surface area contributed by atoms with Crippen LogP contribution in [0.25, 0.3) is 4.96 Å². The van der Waals surface area contributed by atoms with Crippen LogP contribution >= 0.6 is 11.3 Å². The van der Waals surface area contributed by atoms with Crippen molar-refractivity contribution < 1.29 is 8.42 Å². The first kappa shape index (κ1) is 11.9. The molecule has 0 spiro atoms. The number of nitrogen functional groups attached to an aromatic ring is 1. The van der Waals surface area contributed by atoms with Crippen LogP contribution in [-0.4, -0.2) is 38.0 Å². The molecule has 0 radical (unpaired) electrons. The number of anilines is 2. The highest BCUT2D eigenvalue weighted by molar-refractivity contribution is 7.92. The van der Waals surface area contributed by atoms with Crippen LogP contribution in [0.5, 0.6) is 0 Å². The quantitative estimate of drug-likeness (QED) is 0.653. The number of thiazole rings is 1. The highest BCUT2D eigenvalue weighted by atomic mass is 32.2. The molecular formula is C7H8N8O2S2. The fourth-order valence-corrected chi connectivity index (χ4v) is 3.47. The number of tetrazole rings is 1. The second-order valence-corrected chi connectivity index (χ2v) is 6.04. The zero-order chi connectivity index (χ0) is 13.6. The van der Waals surface area contributed by atoms with Crippen LogP contribution in [-0.2, 0) is 17.1 Å². The molecule has 19 heavy (non-hydrogen) atoms. The van der Waals surface area contributed by atoms with Gasteiger partial charge in [-0.25, -0.2) is 9.71 Å². The Hall–Kier alpha value is -2.21. The monoisotopic (exact) mass is 300 g/mol. The molecule has 0 saturated carbocycles. The van der Waals surface area contributed by atoms with Crippen molar-refractivity contribution in [1.82, 2.24) is 29.6 Å². The number of hydrogen-bond donors (Lipinski definition) is 2. The van der Waals surface area contributed by atoms with Gasteiger partial charge < -0.3 is 5.73 Å². The summed E-state index contributed by atoms with van der Waals surface area (Å²) in [6.45, 7) is 0. The molecule has 0 aliphatic heterocycles. The van der Waals surface area contributed by atoms with Gasteiger partial charge in [-0.2, -0.15) is 13.2 Å². The maximum absolute atomic E-state index is 12.2. The molecule has 10 nitrogen and oxygen atoms in total. The summed E-state index contributed by atoms with van der Waals surface area (Å²) >= 11 is 1.28. The van der Waals surface area contributed by atoms with Gasteiger partial charge in [0.05, 0.1) is 7.05 Å². The van der Waals surface area contributed by atoms with E-state index in [0.29, 0.717) is 4.96 Å². The summed E-state index contributed by atoms with van der Waals surface area (Å²) in [5.74, 6) is -0.213. The Kier molecular flexibility index (Phi) is 2.43. The Morgan fingerprint density at radius 3 is 2.95 bits per heavy atom. The Balaban J connectivity index is 2.09. The van der Waals surface area contributed by atoms with Gasteiger partial charge in [-0.15, -0.1) is 16.4 Å². The molecule has 3 rings (SSSR count). The van der Waals surface area contributed by atoms with Crippen molar-refractivity contribution in [2.24, 2.45) is 7.05 Å². The number of aryl methyl sites for hydroxylation is 1. The molecule has 3 aromatic heterocycles. The molecule has 0 aliphatic rings. The van der Waals surface area contributed by atoms with Crippen LogP contribution in [0, 0.1) is 0 Å². The molecule has 3 N–H and O–H groups in total. The van der Waals surface area contributed by atoms with Gasteiger partial charge >= 0.3 is 0 Å². The van der Waals surface area contributed by atoms with Crippen LogP contribution in [0.3, 0.4) is 0 Å². The number of nitrogens with one attached hydrogen (secondary N) is 1. The summed E-state index contributed by atoms with van der Waals surface area (Å²) in [6.07, 6.45) is 1.57. The van der Waals surface area contributed by atoms with Gasteiger partial charge in [0.25, 0.3) is 16.0 Å². The highest BCUT2D eigenvalue weighted by Crippen LogP contribution is 2.24. The summed E-state index contributed by atoms with van der Waals surface area (Å²) in [4.78, 5) is 5.59. The van der Waals surface area contributed by atoms with Crippen molar-refractivity contribution in [3.8, 4) is 0 Å². The predicted octanol–water partition coefficient (Wildman–Crippen LogP) is -0.698. The molecule has 0 amide bonds. The van der Waals surface area contributed by atoms with Crippen molar-refractivity contribution in [1.29, 1.82) is 0 Å². The third-order valence-electron chi connectivity index (χ3n) is 2.23. The summed E-state index contributed by atoms with van der Waals surface area (Å²) in [5, 5.41) is 12.4. The lowest BCUT2D eigenvalue weighted by atomic mass is 10.8. The van der Waals surface area contributed by atoms with Crippen molar-refractivity contribution in [2.45, 2.75) is 5.03 Å². The van der Waals surface area contributed by atoms with Crippen LogP contribution in [0.4, 0.5) is 11.8 Å². The molecular weight excluding hydrogens is 292 g/mol. The summed E-state index contributed by atoms with van der Waals surface area (Å²) in [5.41, 5.74) is 5.64. The van der Waals surface area contributed by atoms with Crippen molar-refractivity contribution in [3.05, 3.63) is 11.6 Å². The third-order valence-corrected chi connectivity index (χ3v) is 4.35. The average Bonchev–Trinajstić information content (AvgIpc) is 2.93. The molecule has 100 valence electrons. The Morgan fingerprint density at radius 2 is 2.26 bits per heavy atom. The molecule has 0 saturated heterocycles. The maximum Gasteiger partial charge on any atom is 0.284 e. The largest absolute Gasteiger partial charge is 0.381 e. The van der Waals surface area contributed by atoms with Crippen molar-refractivity contribution >= 4 is 38.1 Å². The first-order chi connectivity index (χ1) is 8.97. The number of aromatic nitrogens is 6. The molecule has 3 heterocycles. The predicted molar refractivity (Wildman–Crippen MR) is 67.1 cm³/mol. The maximum atomic E-state index is 12.2. The normalized spacial score (nSPS) is 12.1. The van der Waals surface area contributed by atoms with Crippen LogP contribution in [0.2, 0.25) is 0 Å². The van der Waals surface area contributed by atoms with Gasteiger partial charge in [0.1, 0.15) is 0 Å². The lowest BCUT2D eigenvalue weighted by Gasteiger charge is -2.03. The number of rotatable bonds is 3. The second-order valence-electron chi connectivity index (χ2n) is 3.57. The van der Waals surface area contributed by atoms with E-state index in [2.05, 4.69) is 25.1 Å². The molecule has 0 unspecified atom stereocenters. The van der Waals surface area contributed by atoms with E-state index >= 15 is 0 Å². The number of nitrogens with two attached hydrogens (primary N) is 1. The van der Waals surface area contributed by atoms with Gasteiger partial charge in [-0.3, -0.25) is 4.40 Å². The smallest absolute Gasteiger partial charge is 0.284 e. The Labute approximate surface area is 110 Å². The standard InChI is InChI=1S/C7H8N8O2S2/c1-14-11-6(10-13-14)12-19(16,17)5-4(8)9-7-15(5)2-3-18-7/h2-3H,8H2,1H3,(H,11,12). The Bertz CT molecular complexity index is 844. The van der Waals surface area contributed by atoms with E-state index in [9.17, 15) is 8.42 Å². The van der Waals surface area contributed by atoms with E-state index in [-0.39, 0.29) is 16.8 Å². The molecule has 0 bridgehead atoms. The summed E-state index contributed by atoms with van der Waals surface area (Å²) in [7, 11) is -2.41. The van der Waals surface area contributed by atoms with Gasteiger partial charge in [0.2, 0.25) is 5.03 Å². The number of nitrogens with zero attached hydrogens (tertiary/aromatic N) is 6. The van der Waals surface area contributed by atoms with E-state index < -0.39 is 10.0 Å². The fourth-order valence-electron chi connectivity index (χ4n) is 1.54. The minimum Gasteiger partial charge on any atom is -0.381 e. The minimum atomic E-state index is -3.93. The third kappa shape index (κ3) is 1.90. The van der Waals surface area contributed by atoms with Crippen LogP contribution in [0.1, 0.15) is 0 Å². The number of sulfonamides is 1. The van der Waals surface area contributed by atoms with E-state index in [4.69, 9.17) is 5.73 Å². The minimum absolute atomic E-state index is 0.0803. The molecule has 0 aliphatic carbocycles. The van der Waals surface area contributed by atoms with Gasteiger partial charge in [-0.1, -0.05) is 5.10 Å². The second kappa shape index (κ2) is 3.89. The lowest BCUT2D eigenvalue weighted by Crippen LogP contribution is -2.17. The molecule has 0 atom stereocenters. The summed E-state index contributed by atoms with van der Waals surface area (Å²) in [6, 6.07) is 0. The van der Waals surface area contributed by atoms with Gasteiger partial charge in [-0.05, 0) is 5.21 Å². The van der Waals surface area contributed by atoms with E-state index in [1.54, 1.807) is 11.6 Å². The molecule has 12 heteroatoms. The fraction of sp³-hybridized carbons (Fsp3) is 0.143. The number of fused-ring (bicyclic) bond motifs is 1. The molecule has 3 aromatic rings. The first-order valence-corrected chi connectivity index (χ1v) is 7.31. The first-order valence-electron chi connectivity index (χ1n) is 4.95. The highest BCUT2D eigenvalue weighted by Gasteiger charge is 2.26. The average molecular weight is 300 g/mol. The number of hydrogen-bond acceptors (Lipinski definition) is 8. The van der Waals surface area contributed by atoms with E-state index in [1.807, 2.05) is 0 Å². The number of imidazole rings is 1. The Morgan fingerprint density at radius 1 is 1.47 bits per heavy atom. The molecule has 0 aromatic carbocycles. The molecule has 0 fully saturated rings. The van der Waals surface area contributed by atoms with Crippen LogP contribution < -0.4 is 10.5 Å². The van der Waals surface area contributed by atoms with Crippen LogP contribution in [0.15, 0.2) is 16.6 Å². The zero-order valence-corrected chi connectivity index (χ0v) is 11.2. The zero-order valence-electron chi connectivity index (χ0n) is 9.55. The van der Waals surface area contributed by atoms with Crippen molar-refractivity contribution in [3.63, 3.8) is 0 Å². The topological polar surface area (TPSA) is 133 Å². The van der Waals surface area contributed by atoms with Crippen molar-refractivity contribution in [2.75, 3.05) is 10.5 Å². The summed E-state index contributed by atoms with van der Waals surface area (Å²) < 4.78 is 28.1. The van der Waals surface area contributed by atoms with E-state index in [0.717, 1.165) is 4.80 Å². The van der Waals surface area contributed by atoms with Gasteiger partial charge in [0.15, 0.2) is 10.8 Å². The SMILES string of the molecule is Cn1nnc(NS(=O)(=O)c2c(N)nc3sccn23)n1. The lowest BCUT2D eigenvalue weighted by molar-refractivity contribution is 0.596. The van der Waals surface area contributed by atoms with Gasteiger partial charge in [0, 0.05) is 11.6 Å².